The van der Waals surface area contributed by atoms with Crippen LogP contribution in [0.1, 0.15) is 47.5 Å². The molecule has 22 N–H and O–H groups in total. The Morgan fingerprint density at radius 3 is 1.27 bits per heavy atom. The van der Waals surface area contributed by atoms with Crippen LogP contribution < -0.4 is 107 Å². The number of carbonyl (C=O) groups is 7. The van der Waals surface area contributed by atoms with Crippen molar-refractivity contribution in [3.63, 3.8) is 0 Å². The molecular weight excluding hydrogens is 1430 g/mol. The normalized spacial score (nSPS) is 32.3. The van der Waals surface area contributed by atoms with E-state index in [1.54, 1.807) is 0 Å². The average molecular weight is 1510 g/mol. The van der Waals surface area contributed by atoms with Gasteiger partial charge in [0.2, 0.25) is 41.4 Å². The van der Waals surface area contributed by atoms with E-state index in [4.69, 9.17) is 52.7 Å². The molecule has 0 aliphatic carbocycles. The fourth-order valence-corrected chi connectivity index (χ4v) is 10.6. The second kappa shape index (κ2) is 42.3. The van der Waals surface area contributed by atoms with E-state index in [1.807, 2.05) is 0 Å². The van der Waals surface area contributed by atoms with Gasteiger partial charge in [-0.2, -0.15) is 16.8 Å². The van der Waals surface area contributed by atoms with Crippen molar-refractivity contribution in [2.24, 2.45) is 15.7 Å². The molecule has 564 valence electrons. The second-order valence-electron chi connectivity index (χ2n) is 22.3. The van der Waals surface area contributed by atoms with Crippen LogP contribution in [0.15, 0.2) is 9.98 Å². The van der Waals surface area contributed by atoms with Gasteiger partial charge in [-0.05, 0) is 46.4 Å². The van der Waals surface area contributed by atoms with Crippen LogP contribution in [-0.4, -0.2) is 352 Å². The summed E-state index contributed by atoms with van der Waals surface area (Å²) in [6.07, 6.45) is -40.8. The van der Waals surface area contributed by atoms with E-state index in [0.717, 1.165) is 27.7 Å². The molecule has 100 heavy (non-hydrogen) atoms. The second-order valence-corrected chi connectivity index (χ2v) is 24.4. The maximum atomic E-state index is 13.4. The number of aliphatic imine (C=N–C) groups is 2. The Hall–Kier alpha value is -3.83. The molecule has 4 rings (SSSR count). The molecule has 0 bridgehead atoms. The summed E-state index contributed by atoms with van der Waals surface area (Å²) in [6.45, 7) is -0.562. The number of nitrogens with one attached hydrogen (secondary N) is 6. The van der Waals surface area contributed by atoms with Gasteiger partial charge in [-0.1, -0.05) is 0 Å². The summed E-state index contributed by atoms with van der Waals surface area (Å²) < 4.78 is 116. The van der Waals surface area contributed by atoms with Gasteiger partial charge in [-0.25, -0.2) is 8.37 Å². The number of aliphatic hydroxyl groups is 12. The van der Waals surface area contributed by atoms with Crippen molar-refractivity contribution in [3.8, 4) is 0 Å². The molecule has 4 aliphatic heterocycles. The zero-order valence-corrected chi connectivity index (χ0v) is 60.2. The number of primary amides is 1. The van der Waals surface area contributed by atoms with Crippen LogP contribution in [0.3, 0.4) is 0 Å². The molecule has 0 aromatic heterocycles. The number of aliphatic hydroxyl groups excluding tert-OH is 12. The number of nitrogens with zero attached hydrogens (tertiary/aromatic N) is 2. The summed E-state index contributed by atoms with van der Waals surface area (Å²) >= 11 is 0. The SMILES string of the molecule is CC([O-])=N[C@@H](CC([O-])=NCCO[C@@H]1O[C@H](CO)[C@@H](O[C@@H]2O[C@H](CO)[C@H](O)[C@H](OS(=O)(=O)O)[C@H]2O)[C@H](O)[C@H]1O)C(=O)N[C@@H](C)C(=O)N[C@@H](C)C(=O)N[C@@H](C)C(=O)N[C@@H](CC(=O)NCCO[C@@H]1O[C@H](CO)[C@@H](O[C@@H]2O[C@H](CO)[C@H](O)[C@H](OS(=O)(=O)O)[C@H]2O)[C@H](O)[C@H]1O)C(=O)N[C@@H](C)C(N)=O.[Na+].[Na+]. The molecule has 46 nitrogen and oxygen atoms in total. The van der Waals surface area contributed by atoms with Crippen LogP contribution in [0.25, 0.3) is 0 Å². The van der Waals surface area contributed by atoms with Crippen LogP contribution in [0.2, 0.25) is 0 Å². The minimum atomic E-state index is -5.32. The molecule has 4 fully saturated rings. The van der Waals surface area contributed by atoms with E-state index in [2.05, 4.69) is 50.3 Å². The fraction of sp³-hybridized carbons (Fsp3) is 0.820. The molecule has 0 saturated carbocycles. The first-order valence-corrected chi connectivity index (χ1v) is 32.3. The zero-order valence-electron chi connectivity index (χ0n) is 54.5. The monoisotopic (exact) mass is 1510 g/mol. The van der Waals surface area contributed by atoms with Gasteiger partial charge in [0.25, 0.3) is 0 Å². The third kappa shape index (κ3) is 27.6. The molecule has 4 saturated heterocycles. The molecule has 0 aromatic rings. The van der Waals surface area contributed by atoms with Gasteiger partial charge in [0.15, 0.2) is 25.2 Å². The number of carbonyl (C=O) groups excluding carboxylic acids is 7. The summed E-state index contributed by atoms with van der Waals surface area (Å²) in [4.78, 5) is 98.6. The number of nitrogens with two attached hydrogens (primary N) is 1. The van der Waals surface area contributed by atoms with Gasteiger partial charge < -0.3 is 152 Å². The molecule has 50 heteroatoms. The molecule has 26 atom stereocenters. The summed E-state index contributed by atoms with van der Waals surface area (Å²) in [5, 5.41) is 163. The van der Waals surface area contributed by atoms with Gasteiger partial charge in [-0.15, -0.1) is 0 Å². The Morgan fingerprint density at radius 2 is 0.880 bits per heavy atom. The maximum Gasteiger partial charge on any atom is 1.00 e. The van der Waals surface area contributed by atoms with Crippen molar-refractivity contribution in [1.29, 1.82) is 0 Å². The van der Waals surface area contributed by atoms with Crippen molar-refractivity contribution in [3.05, 3.63) is 0 Å². The smallest absolute Gasteiger partial charge is 0.862 e. The van der Waals surface area contributed by atoms with Gasteiger partial charge in [0.05, 0.1) is 52.6 Å². The van der Waals surface area contributed by atoms with E-state index < -0.39 is 299 Å². The number of hydrogen-bond donors (Lipinski definition) is 21. The summed E-state index contributed by atoms with van der Waals surface area (Å²) in [5.41, 5.74) is 5.26. The van der Waals surface area contributed by atoms with E-state index in [9.17, 15) is 122 Å². The molecule has 0 aromatic carbocycles. The van der Waals surface area contributed by atoms with E-state index in [-0.39, 0.29) is 59.1 Å². The predicted molar refractivity (Wildman–Crippen MR) is 309 cm³/mol. The summed E-state index contributed by atoms with van der Waals surface area (Å²) in [6, 6.07) is -9.48. The molecule has 0 spiro atoms. The molecule has 7 amide bonds. The number of rotatable bonds is 36. The predicted octanol–water partition coefficient (Wildman–Crippen LogP) is -22.3. The van der Waals surface area contributed by atoms with Crippen LogP contribution in [-0.2, 0) is 101 Å². The molecule has 4 heterocycles. The summed E-state index contributed by atoms with van der Waals surface area (Å²) in [5.74, 6) is -9.47. The first kappa shape index (κ1) is 92.3. The molecule has 0 unspecified atom stereocenters. The topological polar surface area (TPSA) is 732 Å². The Morgan fingerprint density at radius 1 is 0.500 bits per heavy atom. The maximum absolute atomic E-state index is 13.4. The van der Waals surface area contributed by atoms with Gasteiger partial charge in [0, 0.05) is 13.0 Å². The summed E-state index contributed by atoms with van der Waals surface area (Å²) in [7, 11) is -10.6. The Bertz CT molecular complexity index is 2970. The van der Waals surface area contributed by atoms with E-state index in [1.165, 1.54) is 6.92 Å². The zero-order chi connectivity index (χ0) is 74.0. The Kier molecular flexibility index (Phi) is 39.1. The van der Waals surface area contributed by atoms with E-state index in [0.29, 0.717) is 0 Å². The van der Waals surface area contributed by atoms with Crippen molar-refractivity contribution in [2.75, 3.05) is 52.7 Å². The molecule has 0 radical (unpaired) electrons. The standard InChI is InChI=1S/C50H85N9O37S2.2Na/c1-16(41(51)75)54-46(80)22(11-28(66)53-7-9-88-48-34(72)32(70)38(26(15-63)92-48)94-50-36(74)40(96-98(84,85)86)30(68)24(13-61)90-50)59-44(78)19(4)56-42(76)17(2)55-43(77)18(3)57-45(79)21(58-20(5)64)10-27(65)52-6-8-87-47-33(71)31(69)37(25(14-62)91-47)93-49-35(73)39(95-97(81,82)83)29(67)23(12-60)89-49;;/h16-19,21-26,29-40,47-50,60-63,67-74H,6-15H2,1-5H3,(H2,51,75)(H,52,65)(H,53,66)(H,54,80)(H,55,77)(H,56,76)(H,57,79)(H,58,64)(H,59,78)(H,81,82,83)(H,84,85,86);;/q;2*+1/p-2/t16-,17-,18-,19-,21-,22-,23+,24+,25+,26+,29-,30-,31+,32+,33+,34+,35+,36+,37+,38+,39-,40-,47+,48+,49-,50-;;/m0../s1. The van der Waals surface area contributed by atoms with Crippen LogP contribution in [0.4, 0.5) is 0 Å². The third-order valence-electron chi connectivity index (χ3n) is 14.8. The van der Waals surface area contributed by atoms with Crippen LogP contribution in [0.5, 0.6) is 0 Å². The largest absolute Gasteiger partial charge is 1.00 e. The van der Waals surface area contributed by atoms with Crippen molar-refractivity contribution in [2.45, 2.75) is 207 Å². The van der Waals surface area contributed by atoms with Crippen molar-refractivity contribution in [1.82, 2.24) is 31.9 Å². The average Bonchev–Trinajstić information content (AvgIpc) is 0.782. The van der Waals surface area contributed by atoms with E-state index >= 15 is 0 Å². The Labute approximate surface area is 613 Å². The third-order valence-corrected chi connectivity index (χ3v) is 15.7. The van der Waals surface area contributed by atoms with Gasteiger partial charge >= 0.3 is 79.9 Å². The minimum absolute atomic E-state index is 0. The number of ether oxygens (including phenoxy) is 8. The molecule has 4 aliphatic rings. The minimum Gasteiger partial charge on any atom is -0.862 e. The van der Waals surface area contributed by atoms with Crippen molar-refractivity contribution < 1.29 is 236 Å². The number of hydrogen-bond acceptors (Lipinski definition) is 37. The van der Waals surface area contributed by atoms with Crippen molar-refractivity contribution >= 4 is 73.9 Å². The first-order chi connectivity index (χ1) is 45.7. The van der Waals surface area contributed by atoms with Gasteiger partial charge in [0.1, 0.15) is 134 Å². The fourth-order valence-electron chi connectivity index (χ4n) is 9.55. The van der Waals surface area contributed by atoms with Gasteiger partial charge in [-0.3, -0.25) is 47.7 Å². The Balaban J connectivity index is 0.0000170. The first-order valence-electron chi connectivity index (χ1n) is 29.5. The van der Waals surface area contributed by atoms with Crippen LogP contribution >= 0.6 is 0 Å². The quantitative estimate of drug-likeness (QED) is 0.00910. The number of amides is 7. The van der Waals surface area contributed by atoms with Crippen LogP contribution in [0, 0.1) is 0 Å². The molecular formula is C50H83N9Na2O37S2.